The summed E-state index contributed by atoms with van der Waals surface area (Å²) in [5, 5.41) is 14.4. The predicted octanol–water partition coefficient (Wildman–Crippen LogP) is 3.70. The van der Waals surface area contributed by atoms with Crippen molar-refractivity contribution >= 4 is 41.2 Å². The van der Waals surface area contributed by atoms with Crippen molar-refractivity contribution < 1.29 is 33.8 Å². The summed E-state index contributed by atoms with van der Waals surface area (Å²) < 4.78 is 11.0. The lowest BCUT2D eigenvalue weighted by molar-refractivity contribution is -0.122. The average Bonchev–Trinajstić information content (AvgIpc) is 2.88. The molecule has 3 aromatic rings. The molecule has 1 saturated heterocycles. The molecule has 0 bridgehead atoms. The van der Waals surface area contributed by atoms with Crippen LogP contribution >= 0.6 is 0 Å². The van der Waals surface area contributed by atoms with Crippen LogP contribution in [-0.2, 0) is 14.4 Å². The second kappa shape index (κ2) is 10.9. The number of carbonyl (C=O) groups excluding carboxylic acids is 4. The zero-order valence-corrected chi connectivity index (χ0v) is 20.9. The summed E-state index contributed by atoms with van der Waals surface area (Å²) in [7, 11) is 1.42. The van der Waals surface area contributed by atoms with Gasteiger partial charge in [-0.15, -0.1) is 0 Å². The van der Waals surface area contributed by atoms with Gasteiger partial charge in [-0.25, -0.2) is 9.69 Å². The van der Waals surface area contributed by atoms with Crippen molar-refractivity contribution in [2.75, 3.05) is 23.9 Å². The maximum Gasteiger partial charge on any atom is 0.335 e. The highest BCUT2D eigenvalue weighted by Crippen LogP contribution is 2.30. The van der Waals surface area contributed by atoms with Crippen LogP contribution in [0.15, 0.2) is 66.2 Å². The number of ether oxygens (including phenoxy) is 2. The number of phenols is 1. The number of barbiturate groups is 1. The lowest BCUT2D eigenvalue weighted by Gasteiger charge is -2.26. The van der Waals surface area contributed by atoms with E-state index in [1.807, 2.05) is 32.0 Å². The molecule has 3 aromatic carbocycles. The Morgan fingerprint density at radius 1 is 1.00 bits per heavy atom. The van der Waals surface area contributed by atoms with E-state index < -0.39 is 17.8 Å². The largest absolute Gasteiger partial charge is 0.508 e. The Kier molecular flexibility index (Phi) is 7.43. The van der Waals surface area contributed by atoms with Gasteiger partial charge in [0.05, 0.1) is 12.8 Å². The molecule has 1 fully saturated rings. The molecule has 1 aliphatic rings. The molecule has 5 amide bonds. The van der Waals surface area contributed by atoms with Crippen LogP contribution in [0.2, 0.25) is 0 Å². The Hall–Kier alpha value is -5.12. The minimum Gasteiger partial charge on any atom is -0.508 e. The predicted molar refractivity (Wildman–Crippen MR) is 140 cm³/mol. The molecule has 4 rings (SSSR count). The maximum atomic E-state index is 13.0. The number of imide groups is 2. The number of aromatic hydroxyl groups is 1. The van der Waals surface area contributed by atoms with Gasteiger partial charge in [-0.2, -0.15) is 0 Å². The van der Waals surface area contributed by atoms with Crippen molar-refractivity contribution in [3.05, 3.63) is 82.9 Å². The van der Waals surface area contributed by atoms with Gasteiger partial charge in [-0.1, -0.05) is 23.8 Å². The number of hydrogen-bond acceptors (Lipinski definition) is 7. The van der Waals surface area contributed by atoms with Gasteiger partial charge in [0.25, 0.3) is 17.7 Å². The van der Waals surface area contributed by atoms with Crippen LogP contribution in [-0.4, -0.2) is 42.6 Å². The number of methoxy groups -OCH3 is 1. The molecule has 194 valence electrons. The van der Waals surface area contributed by atoms with Crippen LogP contribution in [0, 0.1) is 13.8 Å². The van der Waals surface area contributed by atoms with Gasteiger partial charge < -0.3 is 19.9 Å². The van der Waals surface area contributed by atoms with Gasteiger partial charge in [0.1, 0.15) is 11.3 Å². The third-order valence-electron chi connectivity index (χ3n) is 5.72. The van der Waals surface area contributed by atoms with Gasteiger partial charge >= 0.3 is 6.03 Å². The number of nitrogens with one attached hydrogen (secondary N) is 2. The van der Waals surface area contributed by atoms with E-state index in [1.54, 1.807) is 12.1 Å². The summed E-state index contributed by atoms with van der Waals surface area (Å²) in [6.45, 7) is 3.60. The van der Waals surface area contributed by atoms with Crippen molar-refractivity contribution in [1.82, 2.24) is 5.32 Å². The Morgan fingerprint density at radius 3 is 2.42 bits per heavy atom. The fourth-order valence-electron chi connectivity index (χ4n) is 3.84. The quantitative estimate of drug-likeness (QED) is 0.323. The average molecular weight is 516 g/mol. The van der Waals surface area contributed by atoms with Crippen molar-refractivity contribution in [2.45, 2.75) is 13.8 Å². The Balaban J connectivity index is 1.50. The fraction of sp³-hybridized carbons (Fsp3) is 0.143. The highest BCUT2D eigenvalue weighted by atomic mass is 16.5. The molecule has 1 aliphatic heterocycles. The number of aryl methyl sites for hydroxylation is 2. The van der Waals surface area contributed by atoms with Gasteiger partial charge in [0.15, 0.2) is 18.1 Å². The van der Waals surface area contributed by atoms with E-state index in [2.05, 4.69) is 10.6 Å². The molecule has 0 aromatic heterocycles. The number of carbonyl (C=O) groups is 4. The van der Waals surface area contributed by atoms with E-state index in [4.69, 9.17) is 9.47 Å². The van der Waals surface area contributed by atoms with Gasteiger partial charge in [0.2, 0.25) is 0 Å². The second-order valence-corrected chi connectivity index (χ2v) is 8.54. The van der Waals surface area contributed by atoms with Crippen LogP contribution in [0.1, 0.15) is 16.7 Å². The minimum atomic E-state index is -0.900. The fourth-order valence-corrected chi connectivity index (χ4v) is 3.84. The molecular weight excluding hydrogens is 490 g/mol. The first-order chi connectivity index (χ1) is 18.2. The first-order valence-electron chi connectivity index (χ1n) is 11.5. The number of rotatable bonds is 7. The Labute approximate surface area is 218 Å². The summed E-state index contributed by atoms with van der Waals surface area (Å²) in [6, 6.07) is 14.8. The summed E-state index contributed by atoms with van der Waals surface area (Å²) in [5.41, 5.74) is 3.04. The van der Waals surface area contributed by atoms with Gasteiger partial charge in [0, 0.05) is 5.69 Å². The van der Waals surface area contributed by atoms with E-state index in [-0.39, 0.29) is 41.0 Å². The first kappa shape index (κ1) is 26.0. The van der Waals surface area contributed by atoms with Crippen molar-refractivity contribution in [1.29, 1.82) is 0 Å². The van der Waals surface area contributed by atoms with Crippen molar-refractivity contribution in [3.63, 3.8) is 0 Å². The van der Waals surface area contributed by atoms with Gasteiger partial charge in [-0.05, 0) is 73.5 Å². The van der Waals surface area contributed by atoms with Gasteiger partial charge in [-0.3, -0.25) is 19.7 Å². The third kappa shape index (κ3) is 5.65. The number of nitrogens with zero attached hydrogens (tertiary/aromatic N) is 1. The first-order valence-corrected chi connectivity index (χ1v) is 11.5. The molecule has 0 aliphatic carbocycles. The van der Waals surface area contributed by atoms with Crippen LogP contribution in [0.4, 0.5) is 16.2 Å². The number of amides is 5. The topological polar surface area (TPSA) is 134 Å². The maximum absolute atomic E-state index is 13.0. The number of benzene rings is 3. The third-order valence-corrected chi connectivity index (χ3v) is 5.72. The normalized spacial score (nSPS) is 14.3. The molecule has 0 radical (unpaired) electrons. The lowest BCUT2D eigenvalue weighted by atomic mass is 10.1. The molecule has 0 atom stereocenters. The Bertz CT molecular complexity index is 1460. The number of anilines is 2. The summed E-state index contributed by atoms with van der Waals surface area (Å²) >= 11 is 0. The smallest absolute Gasteiger partial charge is 0.335 e. The molecule has 38 heavy (non-hydrogen) atoms. The highest BCUT2D eigenvalue weighted by molar-refractivity contribution is 6.39. The van der Waals surface area contributed by atoms with Crippen LogP contribution in [0.25, 0.3) is 6.08 Å². The van der Waals surface area contributed by atoms with E-state index in [1.165, 1.54) is 43.5 Å². The second-order valence-electron chi connectivity index (χ2n) is 8.54. The van der Waals surface area contributed by atoms with E-state index >= 15 is 0 Å². The standard InChI is InChI=1S/C28H25N3O7/c1-16-4-10-22(17(2)12-16)29-25(33)15-38-23-11-5-18(14-24(23)37-3)13-21-26(34)30-28(36)31(27(21)35)19-6-8-20(32)9-7-19/h4-14,32H,15H2,1-3H3,(H,29,33)(H,30,34,36)/b21-13-. The van der Waals surface area contributed by atoms with Crippen LogP contribution in [0.5, 0.6) is 17.2 Å². The van der Waals surface area contributed by atoms with Crippen molar-refractivity contribution in [3.8, 4) is 17.2 Å². The molecule has 1 heterocycles. The lowest BCUT2D eigenvalue weighted by Crippen LogP contribution is -2.54. The minimum absolute atomic E-state index is 0.0393. The molecule has 0 unspecified atom stereocenters. The number of phenolic OH excluding ortho intramolecular Hbond substituents is 1. The zero-order valence-electron chi connectivity index (χ0n) is 20.9. The summed E-state index contributed by atoms with van der Waals surface area (Å²) in [4.78, 5) is 51.0. The number of hydrogen-bond donors (Lipinski definition) is 3. The molecular formula is C28H25N3O7. The summed E-state index contributed by atoms with van der Waals surface area (Å²) in [5.74, 6) is -1.51. The molecule has 10 nitrogen and oxygen atoms in total. The summed E-state index contributed by atoms with van der Waals surface area (Å²) in [6.07, 6.45) is 1.32. The van der Waals surface area contributed by atoms with Crippen LogP contribution in [0.3, 0.4) is 0 Å². The zero-order chi connectivity index (χ0) is 27.4. The van der Waals surface area contributed by atoms with E-state index in [9.17, 15) is 24.3 Å². The molecule has 0 spiro atoms. The highest BCUT2D eigenvalue weighted by Gasteiger charge is 2.36. The Morgan fingerprint density at radius 2 is 1.74 bits per heavy atom. The van der Waals surface area contributed by atoms with E-state index in [0.29, 0.717) is 11.3 Å². The monoisotopic (exact) mass is 515 g/mol. The van der Waals surface area contributed by atoms with Crippen molar-refractivity contribution in [2.24, 2.45) is 0 Å². The molecule has 3 N–H and O–H groups in total. The van der Waals surface area contributed by atoms with E-state index in [0.717, 1.165) is 16.0 Å². The van der Waals surface area contributed by atoms with Crippen LogP contribution < -0.4 is 25.0 Å². The molecule has 0 saturated carbocycles. The number of urea groups is 1. The molecule has 10 heteroatoms. The SMILES string of the molecule is COc1cc(/C=C2/C(=O)NC(=O)N(c3ccc(O)cc3)C2=O)ccc1OCC(=O)Nc1ccc(C)cc1C.